The third-order valence-corrected chi connectivity index (χ3v) is 11.9. The van der Waals surface area contributed by atoms with Gasteiger partial charge in [0.05, 0.1) is 0 Å². The van der Waals surface area contributed by atoms with Crippen molar-refractivity contribution < 1.29 is 28.6 Å². The first kappa shape index (κ1) is 62.8. The molecular formula is C60H104O6. The molecule has 0 rings (SSSR count). The van der Waals surface area contributed by atoms with Crippen molar-refractivity contribution in [2.45, 2.75) is 277 Å². The highest BCUT2D eigenvalue weighted by Crippen LogP contribution is 2.15. The maximum atomic E-state index is 12.8. The van der Waals surface area contributed by atoms with E-state index in [1.807, 2.05) is 0 Å². The molecule has 66 heavy (non-hydrogen) atoms. The Labute approximate surface area is 408 Å². The molecule has 0 aliphatic rings. The predicted molar refractivity (Wildman–Crippen MR) is 284 cm³/mol. The summed E-state index contributed by atoms with van der Waals surface area (Å²) in [5.74, 6) is -0.917. The van der Waals surface area contributed by atoms with Gasteiger partial charge in [-0.15, -0.1) is 0 Å². The molecule has 0 unspecified atom stereocenters. The van der Waals surface area contributed by atoms with Crippen LogP contribution in [0.2, 0.25) is 0 Å². The monoisotopic (exact) mass is 921 g/mol. The van der Waals surface area contributed by atoms with Crippen molar-refractivity contribution >= 4 is 17.9 Å². The zero-order valence-corrected chi connectivity index (χ0v) is 43.4. The van der Waals surface area contributed by atoms with Crippen LogP contribution in [0.5, 0.6) is 0 Å². The summed E-state index contributed by atoms with van der Waals surface area (Å²) in [6.07, 6.45) is 68.9. The molecule has 0 N–H and O–H groups in total. The molecule has 0 fully saturated rings. The molecule has 1 atom stereocenters. The Hall–Kier alpha value is -3.15. The second-order valence-electron chi connectivity index (χ2n) is 18.5. The van der Waals surface area contributed by atoms with Crippen LogP contribution in [0.25, 0.3) is 0 Å². The minimum Gasteiger partial charge on any atom is -0.462 e. The average Bonchev–Trinajstić information content (AvgIpc) is 3.31. The highest BCUT2D eigenvalue weighted by Gasteiger charge is 2.19. The summed E-state index contributed by atoms with van der Waals surface area (Å²) in [6.45, 7) is 6.50. The van der Waals surface area contributed by atoms with Gasteiger partial charge in [-0.2, -0.15) is 0 Å². The van der Waals surface area contributed by atoms with Crippen molar-refractivity contribution in [1.29, 1.82) is 0 Å². The maximum Gasteiger partial charge on any atom is 0.306 e. The molecule has 0 saturated carbocycles. The minimum absolute atomic E-state index is 0.0864. The smallest absolute Gasteiger partial charge is 0.306 e. The van der Waals surface area contributed by atoms with E-state index in [0.29, 0.717) is 19.3 Å². The van der Waals surface area contributed by atoms with Crippen LogP contribution in [0, 0.1) is 0 Å². The molecule has 0 heterocycles. The van der Waals surface area contributed by atoms with Crippen LogP contribution < -0.4 is 0 Å². The summed E-state index contributed by atoms with van der Waals surface area (Å²) in [6, 6.07) is 0. The van der Waals surface area contributed by atoms with Crippen molar-refractivity contribution in [2.24, 2.45) is 0 Å². The topological polar surface area (TPSA) is 78.9 Å². The summed E-state index contributed by atoms with van der Waals surface area (Å²) < 4.78 is 16.8. The number of hydrogen-bond acceptors (Lipinski definition) is 6. The Morgan fingerprint density at radius 2 is 0.591 bits per heavy atom. The van der Waals surface area contributed by atoms with E-state index in [4.69, 9.17) is 14.2 Å². The lowest BCUT2D eigenvalue weighted by Gasteiger charge is -2.18. The molecule has 0 radical (unpaired) electrons. The number of hydrogen-bond donors (Lipinski definition) is 0. The fourth-order valence-corrected chi connectivity index (χ4v) is 7.76. The first-order valence-corrected chi connectivity index (χ1v) is 27.9. The van der Waals surface area contributed by atoms with Gasteiger partial charge >= 0.3 is 17.9 Å². The van der Waals surface area contributed by atoms with E-state index in [1.165, 1.54) is 135 Å². The standard InChI is InChI=1S/C60H104O6/c1-4-7-10-13-16-19-22-25-27-29-30-32-34-36-39-41-44-47-50-53-59(62)65-56-57(66-60(63)54-51-48-45-42-37-24-21-18-15-12-9-6-3)55-64-58(61)52-49-46-43-40-38-35-33-31-28-26-23-20-17-14-11-8-5-2/h7,10,16,19,25-28,30,32,36,39,57H,4-6,8-9,11-15,17-18,20-24,29,31,33-35,37-38,40-56H2,1-3H3/b10-7-,19-16-,27-25-,28-26-,32-30-,39-36-/t57-/m0/s1. The van der Waals surface area contributed by atoms with Gasteiger partial charge in [0, 0.05) is 19.3 Å². The lowest BCUT2D eigenvalue weighted by atomic mass is 10.0. The molecule has 0 bridgehead atoms. The zero-order chi connectivity index (χ0) is 47.9. The lowest BCUT2D eigenvalue weighted by Crippen LogP contribution is -2.30. The quantitative estimate of drug-likeness (QED) is 0.0262. The Morgan fingerprint density at radius 3 is 0.955 bits per heavy atom. The van der Waals surface area contributed by atoms with E-state index >= 15 is 0 Å². The van der Waals surface area contributed by atoms with E-state index in [9.17, 15) is 14.4 Å². The van der Waals surface area contributed by atoms with E-state index in [-0.39, 0.29) is 31.1 Å². The summed E-state index contributed by atoms with van der Waals surface area (Å²) >= 11 is 0. The first-order valence-electron chi connectivity index (χ1n) is 27.9. The van der Waals surface area contributed by atoms with Gasteiger partial charge in [0.15, 0.2) is 6.10 Å². The van der Waals surface area contributed by atoms with E-state index in [1.54, 1.807) is 0 Å². The molecule has 380 valence electrons. The van der Waals surface area contributed by atoms with Crippen molar-refractivity contribution in [3.63, 3.8) is 0 Å². The molecule has 0 spiro atoms. The predicted octanol–water partition coefficient (Wildman–Crippen LogP) is 18.6. The number of carbonyl (C=O) groups is 3. The lowest BCUT2D eigenvalue weighted by molar-refractivity contribution is -0.167. The van der Waals surface area contributed by atoms with Gasteiger partial charge in [0.1, 0.15) is 13.2 Å². The van der Waals surface area contributed by atoms with Gasteiger partial charge in [-0.05, 0) is 89.9 Å². The number of carbonyl (C=O) groups excluding carboxylic acids is 3. The van der Waals surface area contributed by atoms with E-state index in [0.717, 1.165) is 96.3 Å². The highest BCUT2D eigenvalue weighted by molar-refractivity contribution is 5.71. The van der Waals surface area contributed by atoms with Gasteiger partial charge in [0.2, 0.25) is 0 Å². The van der Waals surface area contributed by atoms with Crippen LogP contribution in [0.4, 0.5) is 0 Å². The molecule has 6 nitrogen and oxygen atoms in total. The van der Waals surface area contributed by atoms with Crippen LogP contribution >= 0.6 is 0 Å². The molecule has 0 aromatic heterocycles. The zero-order valence-electron chi connectivity index (χ0n) is 43.4. The van der Waals surface area contributed by atoms with Crippen molar-refractivity contribution in [3.05, 3.63) is 72.9 Å². The molecule has 0 aliphatic carbocycles. The number of allylic oxidation sites excluding steroid dienone is 12. The van der Waals surface area contributed by atoms with Crippen LogP contribution in [-0.4, -0.2) is 37.2 Å². The second-order valence-corrected chi connectivity index (χ2v) is 18.5. The summed E-state index contributed by atoms with van der Waals surface area (Å²) in [5.41, 5.74) is 0. The number of unbranched alkanes of at least 4 members (excludes halogenated alkanes) is 27. The molecule has 0 aromatic rings. The van der Waals surface area contributed by atoms with Crippen molar-refractivity contribution in [3.8, 4) is 0 Å². The molecule has 0 amide bonds. The largest absolute Gasteiger partial charge is 0.462 e. The fourth-order valence-electron chi connectivity index (χ4n) is 7.76. The fraction of sp³-hybridized carbons (Fsp3) is 0.750. The van der Waals surface area contributed by atoms with Gasteiger partial charge in [0.25, 0.3) is 0 Å². The summed E-state index contributed by atoms with van der Waals surface area (Å²) in [4.78, 5) is 38.1. The van der Waals surface area contributed by atoms with Crippen LogP contribution in [0.15, 0.2) is 72.9 Å². The Bertz CT molecular complexity index is 1240. The summed E-state index contributed by atoms with van der Waals surface area (Å²) in [7, 11) is 0. The third kappa shape index (κ3) is 51.8. The van der Waals surface area contributed by atoms with Gasteiger partial charge in [-0.3, -0.25) is 14.4 Å². The Balaban J connectivity index is 4.40. The Kier molecular flexibility index (Phi) is 51.9. The normalized spacial score (nSPS) is 12.6. The van der Waals surface area contributed by atoms with Crippen molar-refractivity contribution in [1.82, 2.24) is 0 Å². The average molecular weight is 921 g/mol. The number of rotatable bonds is 50. The highest BCUT2D eigenvalue weighted by atomic mass is 16.6. The molecule has 0 aliphatic heterocycles. The molecule has 0 saturated heterocycles. The first-order chi connectivity index (χ1) is 32.5. The third-order valence-electron chi connectivity index (χ3n) is 11.9. The van der Waals surface area contributed by atoms with Crippen LogP contribution in [0.1, 0.15) is 271 Å². The molecular weight excluding hydrogens is 817 g/mol. The second kappa shape index (κ2) is 54.5. The van der Waals surface area contributed by atoms with Gasteiger partial charge in [-0.25, -0.2) is 0 Å². The summed E-state index contributed by atoms with van der Waals surface area (Å²) in [5, 5.41) is 0. The van der Waals surface area contributed by atoms with Crippen LogP contribution in [-0.2, 0) is 28.6 Å². The molecule has 6 heteroatoms. The van der Waals surface area contributed by atoms with E-state index in [2.05, 4.69) is 93.7 Å². The van der Waals surface area contributed by atoms with Crippen LogP contribution in [0.3, 0.4) is 0 Å². The maximum absolute atomic E-state index is 12.8. The van der Waals surface area contributed by atoms with Crippen molar-refractivity contribution in [2.75, 3.05) is 13.2 Å². The van der Waals surface area contributed by atoms with Gasteiger partial charge < -0.3 is 14.2 Å². The Morgan fingerprint density at radius 1 is 0.318 bits per heavy atom. The van der Waals surface area contributed by atoms with E-state index < -0.39 is 6.10 Å². The number of esters is 3. The molecule has 0 aromatic carbocycles. The SMILES string of the molecule is CC/C=C\C/C=C\C/C=C\C/C=C\C/C=C\CCCCCC(=O)OC[C@H](COC(=O)CCCCCCCCC/C=C\CCCCCCCC)OC(=O)CCCCCCCCCCCCCC. The van der Waals surface area contributed by atoms with Gasteiger partial charge in [-0.1, -0.05) is 235 Å². The number of ether oxygens (including phenoxy) is 3. The minimum atomic E-state index is -0.788.